The Morgan fingerprint density at radius 3 is 2.85 bits per heavy atom. The predicted octanol–water partition coefficient (Wildman–Crippen LogP) is 4.00. The van der Waals surface area contributed by atoms with Crippen molar-refractivity contribution in [3.8, 4) is 0 Å². The third-order valence-electron chi connectivity index (χ3n) is 7.07. The van der Waals surface area contributed by atoms with E-state index in [0.717, 1.165) is 25.0 Å². The number of hydrogen-bond donors (Lipinski definition) is 0. The summed E-state index contributed by atoms with van der Waals surface area (Å²) in [6, 6.07) is 3.78. The van der Waals surface area contributed by atoms with Crippen molar-refractivity contribution in [3.05, 3.63) is 24.2 Å². The van der Waals surface area contributed by atoms with Gasteiger partial charge in [-0.15, -0.1) is 0 Å². The molecule has 26 heavy (non-hydrogen) atoms. The highest BCUT2D eigenvalue weighted by Crippen LogP contribution is 2.60. The topological polar surface area (TPSA) is 59.3 Å². The van der Waals surface area contributed by atoms with Gasteiger partial charge in [0, 0.05) is 18.3 Å². The van der Waals surface area contributed by atoms with E-state index in [9.17, 15) is 0 Å². The summed E-state index contributed by atoms with van der Waals surface area (Å²) in [7, 11) is 0. The second kappa shape index (κ2) is 6.04. The number of rotatable bonds is 3. The highest BCUT2D eigenvalue weighted by Gasteiger charge is 2.69. The van der Waals surface area contributed by atoms with Crippen molar-refractivity contribution < 1.29 is 28.4 Å². The van der Waals surface area contributed by atoms with Crippen molar-refractivity contribution in [2.45, 2.75) is 77.0 Å². The van der Waals surface area contributed by atoms with Crippen LogP contribution in [0, 0.1) is 23.7 Å². The van der Waals surface area contributed by atoms with E-state index in [4.69, 9.17) is 28.4 Å². The molecule has 5 fully saturated rings. The fraction of sp³-hybridized carbons (Fsp3) is 0.800. The van der Waals surface area contributed by atoms with Gasteiger partial charge in [0.25, 0.3) is 0 Å². The van der Waals surface area contributed by atoms with Crippen molar-refractivity contribution in [3.63, 3.8) is 0 Å². The minimum atomic E-state index is -0.746. The van der Waals surface area contributed by atoms with Gasteiger partial charge in [-0.2, -0.15) is 0 Å². The van der Waals surface area contributed by atoms with Crippen LogP contribution in [0.1, 0.15) is 52.2 Å². The first-order valence-corrected chi connectivity index (χ1v) is 9.86. The molecule has 0 radical (unpaired) electrons. The summed E-state index contributed by atoms with van der Waals surface area (Å²) >= 11 is 0. The summed E-state index contributed by atoms with van der Waals surface area (Å²) in [6.45, 7) is 6.85. The van der Waals surface area contributed by atoms with E-state index in [0.29, 0.717) is 18.4 Å². The molecule has 0 amide bonds. The molecule has 1 unspecified atom stereocenters. The maximum absolute atomic E-state index is 6.36. The van der Waals surface area contributed by atoms with Crippen LogP contribution in [-0.4, -0.2) is 24.0 Å². The summed E-state index contributed by atoms with van der Waals surface area (Å²) in [5, 5.41) is 0. The third-order valence-corrected chi connectivity index (χ3v) is 7.07. The molecule has 0 N–H and O–H groups in total. The average molecular weight is 364 g/mol. The average Bonchev–Trinajstić information content (AvgIpc) is 3.04. The molecular formula is C20H28O6. The van der Waals surface area contributed by atoms with E-state index in [2.05, 4.69) is 13.8 Å². The molecule has 1 aromatic rings. The highest BCUT2D eigenvalue weighted by molar-refractivity contribution is 5.09. The minimum Gasteiger partial charge on any atom is -0.467 e. The van der Waals surface area contributed by atoms with Gasteiger partial charge in [0.2, 0.25) is 5.79 Å². The summed E-state index contributed by atoms with van der Waals surface area (Å²) in [6.07, 6.45) is 4.98. The van der Waals surface area contributed by atoms with E-state index < -0.39 is 17.7 Å². The Morgan fingerprint density at radius 1 is 1.15 bits per heavy atom. The Morgan fingerprint density at radius 2 is 2.04 bits per heavy atom. The highest BCUT2D eigenvalue weighted by atomic mass is 17.3. The maximum atomic E-state index is 6.36. The molecule has 5 aliphatic rings. The molecule has 6 heteroatoms. The number of ether oxygens (including phenoxy) is 3. The Kier molecular flexibility index (Phi) is 4.00. The molecule has 1 saturated carbocycles. The van der Waals surface area contributed by atoms with E-state index >= 15 is 0 Å². The Hall–Kier alpha value is -0.920. The van der Waals surface area contributed by atoms with Gasteiger partial charge in [-0.1, -0.05) is 13.8 Å². The lowest BCUT2D eigenvalue weighted by Gasteiger charge is -2.60. The van der Waals surface area contributed by atoms with Crippen LogP contribution >= 0.6 is 0 Å². The lowest BCUT2D eigenvalue weighted by molar-refractivity contribution is -0.577. The van der Waals surface area contributed by atoms with Gasteiger partial charge in [-0.25, -0.2) is 9.78 Å². The predicted molar refractivity (Wildman–Crippen MR) is 90.3 cm³/mol. The molecule has 6 nitrogen and oxygen atoms in total. The summed E-state index contributed by atoms with van der Waals surface area (Å²) in [4.78, 5) is 12.0. The van der Waals surface area contributed by atoms with Gasteiger partial charge in [0.15, 0.2) is 18.2 Å². The van der Waals surface area contributed by atoms with Gasteiger partial charge in [0.1, 0.15) is 12.4 Å². The van der Waals surface area contributed by atoms with E-state index in [1.165, 1.54) is 6.42 Å². The fourth-order valence-electron chi connectivity index (χ4n) is 5.62. The second-order valence-corrected chi connectivity index (χ2v) is 8.66. The Balaban J connectivity index is 1.45. The molecule has 144 valence electrons. The van der Waals surface area contributed by atoms with Crippen molar-refractivity contribution in [1.29, 1.82) is 0 Å². The van der Waals surface area contributed by atoms with Crippen LogP contribution in [0.2, 0.25) is 0 Å². The molecule has 1 aliphatic carbocycles. The van der Waals surface area contributed by atoms with Crippen molar-refractivity contribution in [1.82, 2.24) is 0 Å². The first-order chi connectivity index (χ1) is 12.5. The number of furan rings is 1. The molecule has 8 atom stereocenters. The zero-order valence-electron chi connectivity index (χ0n) is 15.7. The Labute approximate surface area is 154 Å². The second-order valence-electron chi connectivity index (χ2n) is 8.66. The van der Waals surface area contributed by atoms with Crippen LogP contribution in [-0.2, 0) is 30.6 Å². The Bertz CT molecular complexity index is 647. The minimum absolute atomic E-state index is 0.186. The lowest BCUT2D eigenvalue weighted by atomic mass is 9.58. The van der Waals surface area contributed by atoms with E-state index in [1.54, 1.807) is 6.26 Å². The standard InChI is InChI=1S/C20H28O6/c1-12-6-7-16-13(2)17(22-11-14-5-4-10-21-14)23-18-20(16)15(12)8-9-19(3,24-18)25-26-20/h4-5,10,12-13,15-18H,6-9,11H2,1-3H3/t12-,13-,15+,16+,17?,18-,19-,20-/m1/s1. The van der Waals surface area contributed by atoms with Crippen LogP contribution in [0.25, 0.3) is 0 Å². The summed E-state index contributed by atoms with van der Waals surface area (Å²) in [5.41, 5.74) is -0.530. The third kappa shape index (κ3) is 2.43. The molecular weight excluding hydrogens is 336 g/mol. The molecule has 2 bridgehead atoms. The fourth-order valence-corrected chi connectivity index (χ4v) is 5.62. The largest absolute Gasteiger partial charge is 0.467 e. The van der Waals surface area contributed by atoms with Crippen molar-refractivity contribution in [2.24, 2.45) is 23.7 Å². The molecule has 6 rings (SSSR count). The van der Waals surface area contributed by atoms with Gasteiger partial charge < -0.3 is 18.6 Å². The van der Waals surface area contributed by atoms with Crippen LogP contribution in [0.15, 0.2) is 22.8 Å². The smallest absolute Gasteiger partial charge is 0.201 e. The van der Waals surface area contributed by atoms with Crippen LogP contribution < -0.4 is 0 Å². The van der Waals surface area contributed by atoms with E-state index in [1.807, 2.05) is 19.1 Å². The summed E-state index contributed by atoms with van der Waals surface area (Å²) in [5.74, 6) is 1.47. The van der Waals surface area contributed by atoms with Crippen LogP contribution in [0.3, 0.4) is 0 Å². The quantitative estimate of drug-likeness (QED) is 0.756. The zero-order chi connectivity index (χ0) is 17.9. The molecule has 5 heterocycles. The monoisotopic (exact) mass is 364 g/mol. The number of hydrogen-bond acceptors (Lipinski definition) is 6. The molecule has 4 saturated heterocycles. The van der Waals surface area contributed by atoms with Gasteiger partial charge in [0.05, 0.1) is 6.26 Å². The first kappa shape index (κ1) is 17.2. The molecule has 1 aromatic heterocycles. The van der Waals surface area contributed by atoms with Gasteiger partial charge in [-0.05, 0) is 50.2 Å². The molecule has 0 aromatic carbocycles. The normalized spacial score (nSPS) is 50.3. The molecule has 1 spiro atoms. The zero-order valence-corrected chi connectivity index (χ0v) is 15.7. The van der Waals surface area contributed by atoms with Gasteiger partial charge in [-0.3, -0.25) is 0 Å². The first-order valence-electron chi connectivity index (χ1n) is 9.86. The summed E-state index contributed by atoms with van der Waals surface area (Å²) < 4.78 is 24.2. The van der Waals surface area contributed by atoms with Crippen molar-refractivity contribution in [2.75, 3.05) is 0 Å². The maximum Gasteiger partial charge on any atom is 0.201 e. The van der Waals surface area contributed by atoms with E-state index in [-0.39, 0.29) is 18.1 Å². The molecule has 4 aliphatic heterocycles. The lowest BCUT2D eigenvalue weighted by Crippen LogP contribution is -2.70. The van der Waals surface area contributed by atoms with Crippen LogP contribution in [0.4, 0.5) is 0 Å². The van der Waals surface area contributed by atoms with Gasteiger partial charge >= 0.3 is 0 Å². The van der Waals surface area contributed by atoms with Crippen molar-refractivity contribution >= 4 is 0 Å². The van der Waals surface area contributed by atoms with Crippen LogP contribution in [0.5, 0.6) is 0 Å². The SMILES string of the molecule is C[C@@H]1CC[C@H]2[C@@H](C)C(OCc3ccco3)O[C@@H]3O[C@@]4(C)CC[C@@H]1[C@]32OO4. The number of fused-ring (bicyclic) bond motifs is 2.